The predicted molar refractivity (Wildman–Crippen MR) is 105 cm³/mol. The smallest absolute Gasteiger partial charge is 0.0673 e. The monoisotopic (exact) mass is 329 g/mol. The zero-order chi connectivity index (χ0) is 16.5. The summed E-state index contributed by atoms with van der Waals surface area (Å²) in [6.45, 7) is 2.00. The lowest BCUT2D eigenvalue weighted by Crippen LogP contribution is -1.88. The second kappa shape index (κ2) is 6.10. The number of hydrogen-bond donors (Lipinski definition) is 0. The van der Waals surface area contributed by atoms with Gasteiger partial charge in [-0.05, 0) is 52.2 Å². The number of halogens is 1. The minimum atomic E-state index is 0.743. The maximum atomic E-state index is 6.21. The number of benzene rings is 4. The first-order valence-corrected chi connectivity index (χ1v) is 8.31. The van der Waals surface area contributed by atoms with Gasteiger partial charge in [0, 0.05) is 16.8 Å². The van der Waals surface area contributed by atoms with E-state index < -0.39 is 0 Å². The fourth-order valence-corrected chi connectivity index (χ4v) is 3.23. The van der Waals surface area contributed by atoms with Gasteiger partial charge in [-0.1, -0.05) is 66.2 Å². The Morgan fingerprint density at radius 2 is 1.42 bits per heavy atom. The molecule has 0 unspecified atom stereocenters. The lowest BCUT2D eigenvalue weighted by molar-refractivity contribution is 1.41. The average molecular weight is 330 g/mol. The molecule has 0 atom stereocenters. The Morgan fingerprint density at radius 3 is 2.08 bits per heavy atom. The molecule has 24 heavy (non-hydrogen) atoms. The lowest BCUT2D eigenvalue weighted by Gasteiger charge is -2.08. The van der Waals surface area contributed by atoms with Crippen LogP contribution in [0.4, 0.5) is 5.69 Å². The van der Waals surface area contributed by atoms with Crippen molar-refractivity contribution in [1.82, 2.24) is 0 Å². The van der Waals surface area contributed by atoms with Crippen molar-refractivity contribution in [1.29, 1.82) is 0 Å². The van der Waals surface area contributed by atoms with E-state index in [0.29, 0.717) is 0 Å². The Hall–Kier alpha value is -2.64. The van der Waals surface area contributed by atoms with Crippen molar-refractivity contribution >= 4 is 45.0 Å². The third kappa shape index (κ3) is 2.57. The molecule has 2 heteroatoms. The molecule has 0 amide bonds. The number of hydrogen-bond acceptors (Lipinski definition) is 1. The van der Waals surface area contributed by atoms with Crippen molar-refractivity contribution in [3.8, 4) is 0 Å². The third-order valence-electron chi connectivity index (χ3n) is 4.38. The normalized spacial score (nSPS) is 11.6. The highest BCUT2D eigenvalue weighted by Gasteiger charge is 2.06. The summed E-state index contributed by atoms with van der Waals surface area (Å²) in [5.74, 6) is 0. The van der Waals surface area contributed by atoms with E-state index in [1.807, 2.05) is 31.3 Å². The number of rotatable bonds is 2. The molecule has 4 aromatic carbocycles. The van der Waals surface area contributed by atoms with Crippen LogP contribution in [0.25, 0.3) is 21.5 Å². The van der Waals surface area contributed by atoms with Gasteiger partial charge < -0.3 is 0 Å². The molecule has 116 valence electrons. The Bertz CT molecular complexity index is 1030. The van der Waals surface area contributed by atoms with Crippen LogP contribution in [0.15, 0.2) is 77.8 Å². The fourth-order valence-electron chi connectivity index (χ4n) is 3.06. The van der Waals surface area contributed by atoms with Gasteiger partial charge in [-0.25, -0.2) is 0 Å². The van der Waals surface area contributed by atoms with E-state index in [0.717, 1.165) is 21.8 Å². The van der Waals surface area contributed by atoms with Crippen LogP contribution in [-0.4, -0.2) is 6.21 Å². The van der Waals surface area contributed by atoms with Crippen molar-refractivity contribution in [2.24, 2.45) is 4.99 Å². The van der Waals surface area contributed by atoms with Crippen LogP contribution in [0.3, 0.4) is 0 Å². The maximum absolute atomic E-state index is 6.21. The topological polar surface area (TPSA) is 12.4 Å². The molecule has 0 aliphatic rings. The van der Waals surface area contributed by atoms with E-state index in [1.54, 1.807) is 0 Å². The molecule has 0 aliphatic carbocycles. The summed E-state index contributed by atoms with van der Waals surface area (Å²) in [5, 5.41) is 5.60. The molecule has 0 N–H and O–H groups in total. The van der Waals surface area contributed by atoms with E-state index in [4.69, 9.17) is 16.6 Å². The van der Waals surface area contributed by atoms with Crippen molar-refractivity contribution in [3.63, 3.8) is 0 Å². The van der Waals surface area contributed by atoms with Crippen molar-refractivity contribution in [2.45, 2.75) is 6.92 Å². The van der Waals surface area contributed by atoms with Gasteiger partial charge in [0.2, 0.25) is 0 Å². The van der Waals surface area contributed by atoms with Gasteiger partial charge in [0.1, 0.15) is 0 Å². The van der Waals surface area contributed by atoms with Crippen LogP contribution < -0.4 is 0 Å². The molecule has 0 bridgehead atoms. The van der Waals surface area contributed by atoms with Gasteiger partial charge in [0.05, 0.1) is 5.69 Å². The second-order valence-electron chi connectivity index (χ2n) is 5.87. The molecular formula is C22H16ClN. The molecule has 0 saturated carbocycles. The first-order chi connectivity index (χ1) is 11.7. The molecule has 4 aromatic rings. The molecule has 1 nitrogen and oxygen atoms in total. The van der Waals surface area contributed by atoms with Crippen LogP contribution in [-0.2, 0) is 0 Å². The Balaban J connectivity index is 1.97. The van der Waals surface area contributed by atoms with Gasteiger partial charge >= 0.3 is 0 Å². The van der Waals surface area contributed by atoms with Crippen LogP contribution in [0.1, 0.15) is 11.1 Å². The van der Waals surface area contributed by atoms with Crippen LogP contribution in [0, 0.1) is 6.92 Å². The standard InChI is InChI=1S/C22H16ClN/c1-15-21(23)11-6-12-22(15)24-14-20-18-9-4-2-7-16(18)13-17-8-3-5-10-19(17)20/h2-14H,1H3. The quantitative estimate of drug-likeness (QED) is 0.286. The number of fused-ring (bicyclic) bond motifs is 2. The van der Waals surface area contributed by atoms with E-state index >= 15 is 0 Å². The summed E-state index contributed by atoms with van der Waals surface area (Å²) in [4.78, 5) is 4.73. The Morgan fingerprint density at radius 1 is 0.792 bits per heavy atom. The Labute approximate surface area is 146 Å². The summed E-state index contributed by atoms with van der Waals surface area (Å²) >= 11 is 6.21. The van der Waals surface area contributed by atoms with E-state index in [9.17, 15) is 0 Å². The van der Waals surface area contributed by atoms with E-state index in [2.05, 4.69) is 54.6 Å². The second-order valence-corrected chi connectivity index (χ2v) is 6.28. The summed E-state index contributed by atoms with van der Waals surface area (Å²) in [5.41, 5.74) is 3.04. The van der Waals surface area contributed by atoms with Crippen LogP contribution in [0.5, 0.6) is 0 Å². The summed E-state index contributed by atoms with van der Waals surface area (Å²) < 4.78 is 0. The van der Waals surface area contributed by atoms with E-state index in [1.165, 1.54) is 21.5 Å². The Kier molecular flexibility index (Phi) is 3.79. The molecule has 0 heterocycles. The van der Waals surface area contributed by atoms with Gasteiger partial charge in [0.25, 0.3) is 0 Å². The van der Waals surface area contributed by atoms with Gasteiger partial charge in [-0.3, -0.25) is 4.99 Å². The number of nitrogens with zero attached hydrogens (tertiary/aromatic N) is 1. The van der Waals surface area contributed by atoms with E-state index in [-0.39, 0.29) is 0 Å². The fraction of sp³-hybridized carbons (Fsp3) is 0.0455. The first-order valence-electron chi connectivity index (χ1n) is 7.94. The molecule has 0 fully saturated rings. The highest BCUT2D eigenvalue weighted by Crippen LogP contribution is 2.29. The highest BCUT2D eigenvalue weighted by molar-refractivity contribution is 6.31. The largest absolute Gasteiger partial charge is 0.256 e. The van der Waals surface area contributed by atoms with Crippen molar-refractivity contribution in [3.05, 3.63) is 88.9 Å². The molecule has 0 spiro atoms. The van der Waals surface area contributed by atoms with Gasteiger partial charge in [0.15, 0.2) is 0 Å². The summed E-state index contributed by atoms with van der Waals surface area (Å²) in [7, 11) is 0. The lowest BCUT2D eigenvalue weighted by atomic mass is 9.97. The molecule has 0 aromatic heterocycles. The average Bonchev–Trinajstić information content (AvgIpc) is 2.62. The van der Waals surface area contributed by atoms with Crippen molar-refractivity contribution in [2.75, 3.05) is 0 Å². The van der Waals surface area contributed by atoms with Gasteiger partial charge in [-0.15, -0.1) is 0 Å². The number of aliphatic imine (C=N–C) groups is 1. The minimum Gasteiger partial charge on any atom is -0.256 e. The predicted octanol–water partition coefficient (Wildman–Crippen LogP) is 6.71. The van der Waals surface area contributed by atoms with Crippen LogP contribution in [0.2, 0.25) is 5.02 Å². The zero-order valence-electron chi connectivity index (χ0n) is 13.3. The molecule has 0 aliphatic heterocycles. The summed E-state index contributed by atoms with van der Waals surface area (Å²) in [6.07, 6.45) is 1.96. The first kappa shape index (κ1) is 14.9. The molecule has 0 saturated heterocycles. The minimum absolute atomic E-state index is 0.743. The third-order valence-corrected chi connectivity index (χ3v) is 4.79. The summed E-state index contributed by atoms with van der Waals surface area (Å²) in [6, 6.07) is 24.9. The molecular weight excluding hydrogens is 314 g/mol. The molecule has 0 radical (unpaired) electrons. The maximum Gasteiger partial charge on any atom is 0.0673 e. The SMILES string of the molecule is Cc1c(Cl)cccc1N=Cc1c2ccccc2cc2ccccc12. The zero-order valence-corrected chi connectivity index (χ0v) is 14.1. The van der Waals surface area contributed by atoms with Crippen LogP contribution >= 0.6 is 11.6 Å². The van der Waals surface area contributed by atoms with Gasteiger partial charge in [-0.2, -0.15) is 0 Å². The molecule has 4 rings (SSSR count). The highest BCUT2D eigenvalue weighted by atomic mass is 35.5. The van der Waals surface area contributed by atoms with Crippen molar-refractivity contribution < 1.29 is 0 Å².